The first-order chi connectivity index (χ1) is 12.3. The molecular weight excluding hydrogens is 336 g/mol. The highest BCUT2D eigenvalue weighted by Crippen LogP contribution is 2.17. The molecule has 3 N–H and O–H groups in total. The molecular formula is C18H24N4O4. The molecule has 0 aliphatic carbocycles. The Bertz CT molecular complexity index is 813. The molecule has 0 spiro atoms. The van der Waals surface area contributed by atoms with Gasteiger partial charge in [0.2, 0.25) is 11.8 Å². The maximum Gasteiger partial charge on any atom is 0.326 e. The molecule has 1 aromatic heterocycles. The average Bonchev–Trinajstić information content (AvgIpc) is 2.88. The van der Waals surface area contributed by atoms with E-state index in [1.807, 2.05) is 38.1 Å². The predicted octanol–water partition coefficient (Wildman–Crippen LogP) is 0.848. The first-order valence-electron chi connectivity index (χ1n) is 8.47. The van der Waals surface area contributed by atoms with Crippen molar-refractivity contribution in [1.82, 2.24) is 20.4 Å². The molecule has 0 radical (unpaired) electrons. The summed E-state index contributed by atoms with van der Waals surface area (Å²) in [6.45, 7) is 3.48. The zero-order valence-corrected chi connectivity index (χ0v) is 15.2. The SMILES string of the molecule is CC(C)C[C@H](NC(=O)CNC(=O)Cc1nn(C)c2ccccc12)C(=O)O. The zero-order chi connectivity index (χ0) is 19.3. The van der Waals surface area contributed by atoms with Crippen molar-refractivity contribution in [3.8, 4) is 0 Å². The van der Waals surface area contributed by atoms with E-state index in [0.717, 1.165) is 10.9 Å². The molecule has 2 rings (SSSR count). The van der Waals surface area contributed by atoms with Crippen LogP contribution in [0.3, 0.4) is 0 Å². The fraction of sp³-hybridized carbons (Fsp3) is 0.444. The number of para-hydroxylation sites is 1. The van der Waals surface area contributed by atoms with Crippen LogP contribution in [0.25, 0.3) is 10.9 Å². The van der Waals surface area contributed by atoms with E-state index in [-0.39, 0.29) is 24.8 Å². The zero-order valence-electron chi connectivity index (χ0n) is 15.2. The molecule has 0 aliphatic rings. The number of carbonyl (C=O) groups excluding carboxylic acids is 2. The van der Waals surface area contributed by atoms with Crippen LogP contribution in [-0.2, 0) is 27.9 Å². The van der Waals surface area contributed by atoms with Crippen LogP contribution in [-0.4, -0.2) is 45.3 Å². The van der Waals surface area contributed by atoms with Crippen molar-refractivity contribution in [2.75, 3.05) is 6.54 Å². The first-order valence-corrected chi connectivity index (χ1v) is 8.47. The number of carbonyl (C=O) groups is 3. The Balaban J connectivity index is 1.89. The van der Waals surface area contributed by atoms with Crippen LogP contribution in [0, 0.1) is 5.92 Å². The molecule has 0 bridgehead atoms. The van der Waals surface area contributed by atoms with Crippen LogP contribution in [0.4, 0.5) is 0 Å². The van der Waals surface area contributed by atoms with Crippen LogP contribution in [0.15, 0.2) is 24.3 Å². The number of aromatic nitrogens is 2. The Kier molecular flexibility index (Phi) is 6.32. The molecule has 26 heavy (non-hydrogen) atoms. The third-order valence-electron chi connectivity index (χ3n) is 3.95. The summed E-state index contributed by atoms with van der Waals surface area (Å²) in [5, 5.41) is 19.3. The number of fused-ring (bicyclic) bond motifs is 1. The minimum atomic E-state index is -1.08. The summed E-state index contributed by atoms with van der Waals surface area (Å²) in [5.41, 5.74) is 1.55. The van der Waals surface area contributed by atoms with E-state index in [1.54, 1.807) is 11.7 Å². The first kappa shape index (κ1) is 19.4. The lowest BCUT2D eigenvalue weighted by molar-refractivity contribution is -0.142. The van der Waals surface area contributed by atoms with Gasteiger partial charge in [-0.3, -0.25) is 14.3 Å². The van der Waals surface area contributed by atoms with Gasteiger partial charge < -0.3 is 15.7 Å². The van der Waals surface area contributed by atoms with Gasteiger partial charge in [-0.2, -0.15) is 5.10 Å². The monoisotopic (exact) mass is 360 g/mol. The van der Waals surface area contributed by atoms with E-state index >= 15 is 0 Å². The summed E-state index contributed by atoms with van der Waals surface area (Å²) >= 11 is 0. The van der Waals surface area contributed by atoms with Gasteiger partial charge in [0.25, 0.3) is 0 Å². The Morgan fingerprint density at radius 1 is 1.19 bits per heavy atom. The number of nitrogens with zero attached hydrogens (tertiary/aromatic N) is 2. The molecule has 0 saturated heterocycles. The number of benzene rings is 1. The second-order valence-corrected chi connectivity index (χ2v) is 6.63. The van der Waals surface area contributed by atoms with Crippen LogP contribution < -0.4 is 10.6 Å². The number of carboxylic acids is 1. The predicted molar refractivity (Wildman–Crippen MR) is 96.4 cm³/mol. The normalized spacial score (nSPS) is 12.2. The van der Waals surface area contributed by atoms with Crippen molar-refractivity contribution in [2.24, 2.45) is 13.0 Å². The number of hydrogen-bond acceptors (Lipinski definition) is 4. The molecule has 2 aromatic rings. The van der Waals surface area contributed by atoms with E-state index in [0.29, 0.717) is 12.1 Å². The van der Waals surface area contributed by atoms with Gasteiger partial charge in [0.05, 0.1) is 24.2 Å². The number of aliphatic carboxylic acids is 1. The molecule has 8 nitrogen and oxygen atoms in total. The summed E-state index contributed by atoms with van der Waals surface area (Å²) in [7, 11) is 1.80. The number of carboxylic acid groups (broad SMARTS) is 1. The Morgan fingerprint density at radius 3 is 2.54 bits per heavy atom. The molecule has 1 heterocycles. The summed E-state index contributed by atoms with van der Waals surface area (Å²) in [5.74, 6) is -1.83. The summed E-state index contributed by atoms with van der Waals surface area (Å²) < 4.78 is 1.70. The van der Waals surface area contributed by atoms with E-state index in [1.165, 1.54) is 0 Å². The fourth-order valence-corrected chi connectivity index (χ4v) is 2.75. The third kappa shape index (κ3) is 5.05. The highest BCUT2D eigenvalue weighted by atomic mass is 16.4. The van der Waals surface area contributed by atoms with E-state index in [2.05, 4.69) is 15.7 Å². The van der Waals surface area contributed by atoms with Gasteiger partial charge in [0.15, 0.2) is 0 Å². The molecule has 8 heteroatoms. The lowest BCUT2D eigenvalue weighted by Crippen LogP contribution is -2.46. The third-order valence-corrected chi connectivity index (χ3v) is 3.95. The van der Waals surface area contributed by atoms with Crippen molar-refractivity contribution in [3.63, 3.8) is 0 Å². The number of aryl methyl sites for hydroxylation is 1. The summed E-state index contributed by atoms with van der Waals surface area (Å²) in [6, 6.07) is 6.62. The van der Waals surface area contributed by atoms with Gasteiger partial charge in [0.1, 0.15) is 6.04 Å². The Morgan fingerprint density at radius 2 is 1.88 bits per heavy atom. The van der Waals surface area contributed by atoms with Crippen LogP contribution >= 0.6 is 0 Å². The lowest BCUT2D eigenvalue weighted by atomic mass is 10.0. The van der Waals surface area contributed by atoms with Crippen LogP contribution in [0.5, 0.6) is 0 Å². The maximum atomic E-state index is 12.1. The molecule has 0 saturated carbocycles. The van der Waals surface area contributed by atoms with Crippen molar-refractivity contribution in [1.29, 1.82) is 0 Å². The second-order valence-electron chi connectivity index (χ2n) is 6.63. The van der Waals surface area contributed by atoms with Gasteiger partial charge in [-0.05, 0) is 18.4 Å². The molecule has 1 aromatic carbocycles. The average molecular weight is 360 g/mol. The van der Waals surface area contributed by atoms with Gasteiger partial charge >= 0.3 is 5.97 Å². The van der Waals surface area contributed by atoms with Crippen molar-refractivity contribution in [3.05, 3.63) is 30.0 Å². The Labute approximate surface area is 151 Å². The molecule has 0 aliphatic heterocycles. The van der Waals surface area contributed by atoms with Crippen LogP contribution in [0.2, 0.25) is 0 Å². The fourth-order valence-electron chi connectivity index (χ4n) is 2.75. The smallest absolute Gasteiger partial charge is 0.326 e. The van der Waals surface area contributed by atoms with E-state index < -0.39 is 17.9 Å². The molecule has 2 amide bonds. The van der Waals surface area contributed by atoms with E-state index in [9.17, 15) is 14.4 Å². The minimum absolute atomic E-state index is 0.0446. The summed E-state index contributed by atoms with van der Waals surface area (Å²) in [6.07, 6.45) is 0.373. The van der Waals surface area contributed by atoms with Gasteiger partial charge in [-0.25, -0.2) is 4.79 Å². The highest BCUT2D eigenvalue weighted by molar-refractivity contribution is 5.90. The van der Waals surface area contributed by atoms with Gasteiger partial charge in [0, 0.05) is 12.4 Å². The van der Waals surface area contributed by atoms with Crippen molar-refractivity contribution in [2.45, 2.75) is 32.7 Å². The topological polar surface area (TPSA) is 113 Å². The standard InChI is InChI=1S/C18H24N4O4/c1-11(2)8-14(18(25)26)20-17(24)10-19-16(23)9-13-12-6-4-5-7-15(12)22(3)21-13/h4-7,11,14H,8-10H2,1-3H3,(H,19,23)(H,20,24)(H,25,26)/t14-/m0/s1. The van der Waals surface area contributed by atoms with Gasteiger partial charge in [-0.1, -0.05) is 32.0 Å². The molecule has 0 unspecified atom stereocenters. The minimum Gasteiger partial charge on any atom is -0.480 e. The number of amides is 2. The molecule has 140 valence electrons. The van der Waals surface area contributed by atoms with Crippen molar-refractivity contribution >= 4 is 28.7 Å². The van der Waals surface area contributed by atoms with Crippen molar-refractivity contribution < 1.29 is 19.5 Å². The second kappa shape index (κ2) is 8.46. The quantitative estimate of drug-likeness (QED) is 0.646. The number of hydrogen-bond donors (Lipinski definition) is 3. The van der Waals surface area contributed by atoms with Gasteiger partial charge in [-0.15, -0.1) is 0 Å². The molecule has 0 fully saturated rings. The largest absolute Gasteiger partial charge is 0.480 e. The summed E-state index contributed by atoms with van der Waals surface area (Å²) in [4.78, 5) is 35.2. The number of nitrogens with one attached hydrogen (secondary N) is 2. The maximum absolute atomic E-state index is 12.1. The Hall–Kier alpha value is -2.90. The van der Waals surface area contributed by atoms with Crippen LogP contribution in [0.1, 0.15) is 26.0 Å². The number of rotatable bonds is 8. The van der Waals surface area contributed by atoms with E-state index in [4.69, 9.17) is 5.11 Å². The molecule has 1 atom stereocenters. The highest BCUT2D eigenvalue weighted by Gasteiger charge is 2.21. The lowest BCUT2D eigenvalue weighted by Gasteiger charge is -2.16.